The second-order valence-electron chi connectivity index (χ2n) is 11.8. The molecule has 1 fully saturated rings. The first-order valence-electron chi connectivity index (χ1n) is 14.8. The fraction of sp³-hybridized carbons (Fsp3) is 0.194. The van der Waals surface area contributed by atoms with E-state index >= 15 is 0 Å². The maximum Gasteiger partial charge on any atom is 0.269 e. The van der Waals surface area contributed by atoms with E-state index in [9.17, 15) is 24.5 Å². The zero-order chi connectivity index (χ0) is 31.5. The summed E-state index contributed by atoms with van der Waals surface area (Å²) in [7, 11) is 0. The fourth-order valence-electron chi connectivity index (χ4n) is 7.24. The Hall–Kier alpha value is -5.57. The number of amides is 1. The Balaban J connectivity index is 1.46. The average Bonchev–Trinajstić information content (AvgIpc) is 3.52. The molecular formula is C36H29N3O6. The Bertz CT molecular complexity index is 1900. The van der Waals surface area contributed by atoms with Crippen LogP contribution in [0.4, 0.5) is 11.4 Å². The van der Waals surface area contributed by atoms with Crippen LogP contribution in [0.2, 0.25) is 0 Å². The van der Waals surface area contributed by atoms with Crippen molar-refractivity contribution in [3.8, 4) is 5.75 Å². The van der Waals surface area contributed by atoms with Crippen LogP contribution in [0, 0.1) is 16.0 Å². The molecule has 0 saturated carbocycles. The molecule has 0 radical (unpaired) electrons. The summed E-state index contributed by atoms with van der Waals surface area (Å²) in [6.45, 7) is 3.83. The van der Waals surface area contributed by atoms with Gasteiger partial charge in [-0.05, 0) is 79.1 Å². The van der Waals surface area contributed by atoms with E-state index in [1.807, 2.05) is 73.5 Å². The predicted octanol–water partition coefficient (Wildman–Crippen LogP) is 6.36. The summed E-state index contributed by atoms with van der Waals surface area (Å²) in [5.41, 5.74) is 1.82. The van der Waals surface area contributed by atoms with Gasteiger partial charge < -0.3 is 15.0 Å². The number of ether oxygens (including phenoxy) is 1. The number of nitrogens with one attached hydrogen (secondary N) is 1. The minimum Gasteiger partial charge on any atom is -0.491 e. The van der Waals surface area contributed by atoms with Gasteiger partial charge in [-0.2, -0.15) is 0 Å². The first kappa shape index (κ1) is 28.2. The quantitative estimate of drug-likeness (QED) is 0.149. The third-order valence-corrected chi connectivity index (χ3v) is 8.99. The number of carbonyl (C=O) groups is 3. The van der Waals surface area contributed by atoms with Crippen LogP contribution in [0.15, 0.2) is 103 Å². The third kappa shape index (κ3) is 4.26. The summed E-state index contributed by atoms with van der Waals surface area (Å²) >= 11 is 0. The lowest BCUT2D eigenvalue weighted by atomic mass is 9.62. The SMILES string of the molecule is CC(C)Oc1ccc(C(=O)[C@@H]2[C@@H](C(=O)c3ccc([N+](=O)[O-])cc3)[C@@]3(C(=O)Nc4ccccc43)[C@H]3c4ccccc4C=CN23)cc1. The fourth-order valence-corrected chi connectivity index (χ4v) is 7.24. The van der Waals surface area contributed by atoms with E-state index in [-0.39, 0.29) is 29.0 Å². The van der Waals surface area contributed by atoms with Crippen LogP contribution in [-0.2, 0) is 10.2 Å². The molecule has 3 aliphatic rings. The highest BCUT2D eigenvalue weighted by Crippen LogP contribution is 2.62. The van der Waals surface area contributed by atoms with Crippen LogP contribution in [0.3, 0.4) is 0 Å². The first-order valence-corrected chi connectivity index (χ1v) is 14.8. The number of hydrogen-bond donors (Lipinski definition) is 1. The lowest BCUT2D eigenvalue weighted by molar-refractivity contribution is -0.384. The molecule has 224 valence electrons. The van der Waals surface area contributed by atoms with E-state index in [1.165, 1.54) is 24.3 Å². The van der Waals surface area contributed by atoms with Crippen LogP contribution in [0.25, 0.3) is 6.08 Å². The van der Waals surface area contributed by atoms with E-state index in [2.05, 4.69) is 5.32 Å². The van der Waals surface area contributed by atoms with Gasteiger partial charge in [0.15, 0.2) is 11.6 Å². The second kappa shape index (κ2) is 10.6. The highest BCUT2D eigenvalue weighted by molar-refractivity contribution is 6.16. The van der Waals surface area contributed by atoms with Crippen molar-refractivity contribution in [2.45, 2.75) is 37.5 Å². The highest BCUT2D eigenvalue weighted by Gasteiger charge is 2.70. The second-order valence-corrected chi connectivity index (χ2v) is 11.8. The van der Waals surface area contributed by atoms with Crippen LogP contribution >= 0.6 is 0 Å². The first-order chi connectivity index (χ1) is 21.7. The molecule has 3 aliphatic heterocycles. The van der Waals surface area contributed by atoms with Crippen molar-refractivity contribution < 1.29 is 24.0 Å². The summed E-state index contributed by atoms with van der Waals surface area (Å²) in [6.07, 6.45) is 3.66. The summed E-state index contributed by atoms with van der Waals surface area (Å²) < 4.78 is 5.78. The smallest absolute Gasteiger partial charge is 0.269 e. The van der Waals surface area contributed by atoms with Crippen LogP contribution < -0.4 is 10.1 Å². The molecule has 7 rings (SSSR count). The highest BCUT2D eigenvalue weighted by atomic mass is 16.6. The molecule has 45 heavy (non-hydrogen) atoms. The molecule has 1 spiro atoms. The average molecular weight is 600 g/mol. The monoisotopic (exact) mass is 599 g/mol. The number of fused-ring (bicyclic) bond motifs is 6. The van der Waals surface area contributed by atoms with Crippen LogP contribution in [0.1, 0.15) is 57.3 Å². The van der Waals surface area contributed by atoms with Crippen molar-refractivity contribution in [2.24, 2.45) is 5.92 Å². The molecule has 9 heteroatoms. The molecule has 4 aromatic carbocycles. The van der Waals surface area contributed by atoms with E-state index in [1.54, 1.807) is 30.3 Å². The molecule has 9 nitrogen and oxygen atoms in total. The van der Waals surface area contributed by atoms with Gasteiger partial charge in [-0.3, -0.25) is 24.5 Å². The molecule has 0 aromatic heterocycles. The maximum atomic E-state index is 14.8. The predicted molar refractivity (Wildman–Crippen MR) is 168 cm³/mol. The van der Waals surface area contributed by atoms with Crippen molar-refractivity contribution in [3.63, 3.8) is 0 Å². The molecule has 1 saturated heterocycles. The molecule has 1 N–H and O–H groups in total. The largest absolute Gasteiger partial charge is 0.491 e. The van der Waals surface area contributed by atoms with E-state index in [4.69, 9.17) is 4.74 Å². The topological polar surface area (TPSA) is 119 Å². The van der Waals surface area contributed by atoms with Crippen LogP contribution in [0.5, 0.6) is 5.75 Å². The molecule has 0 unspecified atom stereocenters. The van der Waals surface area contributed by atoms with E-state index in [0.717, 1.165) is 11.1 Å². The zero-order valence-electron chi connectivity index (χ0n) is 24.5. The van der Waals surface area contributed by atoms with Gasteiger partial charge >= 0.3 is 0 Å². The number of Topliss-reactive ketones (excluding diaryl/α,β-unsaturated/α-hetero) is 2. The summed E-state index contributed by atoms with van der Waals surface area (Å²) in [4.78, 5) is 56.8. The number of carbonyl (C=O) groups excluding carboxylic acids is 3. The van der Waals surface area contributed by atoms with Gasteiger partial charge in [0.25, 0.3) is 5.69 Å². The normalized spacial score (nSPS) is 22.5. The van der Waals surface area contributed by atoms with Crippen molar-refractivity contribution in [3.05, 3.63) is 141 Å². The Morgan fingerprint density at radius 2 is 1.53 bits per heavy atom. The number of nitro groups is 1. The van der Waals surface area contributed by atoms with E-state index in [0.29, 0.717) is 22.6 Å². The number of rotatable bonds is 7. The Kier molecular flexibility index (Phi) is 6.62. The number of benzene rings is 4. The zero-order valence-corrected chi connectivity index (χ0v) is 24.5. The lowest BCUT2D eigenvalue weighted by Crippen LogP contribution is -2.49. The molecule has 4 aromatic rings. The number of anilines is 1. The van der Waals surface area contributed by atoms with Gasteiger partial charge in [0.2, 0.25) is 5.91 Å². The van der Waals surface area contributed by atoms with Gasteiger partial charge in [-0.15, -0.1) is 0 Å². The maximum absolute atomic E-state index is 14.8. The van der Waals surface area contributed by atoms with Crippen molar-refractivity contribution >= 4 is 34.9 Å². The van der Waals surface area contributed by atoms with Gasteiger partial charge in [-0.1, -0.05) is 42.5 Å². The third-order valence-electron chi connectivity index (χ3n) is 8.99. The molecular weight excluding hydrogens is 570 g/mol. The minimum absolute atomic E-state index is 0.0507. The van der Waals surface area contributed by atoms with Crippen LogP contribution in [-0.4, -0.2) is 39.4 Å². The van der Waals surface area contributed by atoms with Crippen molar-refractivity contribution in [2.75, 3.05) is 5.32 Å². The van der Waals surface area contributed by atoms with Gasteiger partial charge in [0.05, 0.1) is 23.0 Å². The van der Waals surface area contributed by atoms with Gasteiger partial charge in [0.1, 0.15) is 17.2 Å². The summed E-state index contributed by atoms with van der Waals surface area (Å²) in [5.74, 6) is -1.72. The molecule has 0 bridgehead atoms. The number of nitro benzene ring substituents is 1. The van der Waals surface area contributed by atoms with Gasteiger partial charge in [-0.25, -0.2) is 0 Å². The number of non-ortho nitro benzene ring substituents is 1. The van der Waals surface area contributed by atoms with Crippen molar-refractivity contribution in [1.29, 1.82) is 0 Å². The molecule has 4 atom stereocenters. The molecule has 0 aliphatic carbocycles. The summed E-state index contributed by atoms with van der Waals surface area (Å²) in [5, 5.41) is 14.4. The molecule has 3 heterocycles. The van der Waals surface area contributed by atoms with E-state index < -0.39 is 34.1 Å². The Morgan fingerprint density at radius 1 is 0.889 bits per heavy atom. The Labute approximate surface area is 259 Å². The molecule has 1 amide bonds. The van der Waals surface area contributed by atoms with Crippen molar-refractivity contribution in [1.82, 2.24) is 4.90 Å². The minimum atomic E-state index is -1.49. The number of ketones is 2. The Morgan fingerprint density at radius 3 is 2.24 bits per heavy atom. The standard InChI is InChI=1S/C36H29N3O6/c1-21(2)45-26-17-13-24(14-18-26)33(41)31-30(32(40)23-11-15-25(16-12-23)39(43)44)36(28-9-5-6-10-29(28)37-35(36)42)34-27-8-4-3-7-22(27)19-20-38(31)34/h3-21,30-31,34H,1-2H3,(H,37,42)/t30-,31-,34+,36+/m0/s1. The number of hydrogen-bond acceptors (Lipinski definition) is 7. The number of para-hydroxylation sites is 1. The lowest BCUT2D eigenvalue weighted by Gasteiger charge is -2.38. The van der Waals surface area contributed by atoms with Gasteiger partial charge in [0, 0.05) is 35.1 Å². The number of nitrogens with zero attached hydrogens (tertiary/aromatic N) is 2. The summed E-state index contributed by atoms with van der Waals surface area (Å²) in [6, 6.07) is 25.3.